The first-order chi connectivity index (χ1) is 14.4. The Balaban J connectivity index is 1.50. The van der Waals surface area contributed by atoms with Crippen LogP contribution in [0.15, 0.2) is 55.1 Å². The van der Waals surface area contributed by atoms with Gasteiger partial charge in [0.15, 0.2) is 0 Å². The van der Waals surface area contributed by atoms with Crippen LogP contribution in [0.5, 0.6) is 5.75 Å². The first-order valence-corrected chi connectivity index (χ1v) is 9.68. The molecule has 2 unspecified atom stereocenters. The molecule has 0 amide bonds. The molecule has 1 fully saturated rings. The summed E-state index contributed by atoms with van der Waals surface area (Å²) in [6.07, 6.45) is 2.57. The lowest BCUT2D eigenvalue weighted by atomic mass is 10.1. The lowest BCUT2D eigenvalue weighted by Crippen LogP contribution is -2.35. The van der Waals surface area contributed by atoms with E-state index >= 15 is 0 Å². The Morgan fingerprint density at radius 3 is 2.73 bits per heavy atom. The van der Waals surface area contributed by atoms with E-state index in [9.17, 15) is 10.1 Å². The third-order valence-corrected chi connectivity index (χ3v) is 5.07. The van der Waals surface area contributed by atoms with Crippen LogP contribution in [0.3, 0.4) is 0 Å². The summed E-state index contributed by atoms with van der Waals surface area (Å²) in [6.45, 7) is 0.658. The van der Waals surface area contributed by atoms with Gasteiger partial charge < -0.3 is 14.2 Å². The van der Waals surface area contributed by atoms with Gasteiger partial charge in [-0.1, -0.05) is 29.3 Å². The SMILES string of the molecule is O=[N+]([O-])c1ccc(OCC2COC(Cn3cncn3)(c3ccc(Cl)cc3Cl)O2)cc1. The molecule has 1 saturated heterocycles. The Labute approximate surface area is 181 Å². The lowest BCUT2D eigenvalue weighted by molar-refractivity contribution is -0.384. The second-order valence-corrected chi connectivity index (χ2v) is 7.43. The summed E-state index contributed by atoms with van der Waals surface area (Å²) in [5.74, 6) is -0.707. The maximum atomic E-state index is 10.8. The van der Waals surface area contributed by atoms with Gasteiger partial charge in [0.2, 0.25) is 5.79 Å². The van der Waals surface area contributed by atoms with Gasteiger partial charge in [0.05, 0.1) is 16.6 Å². The van der Waals surface area contributed by atoms with Gasteiger partial charge in [0, 0.05) is 22.7 Å². The number of nitro benzene ring substituents is 1. The van der Waals surface area contributed by atoms with E-state index in [4.69, 9.17) is 37.4 Å². The number of nitrogens with zero attached hydrogens (tertiary/aromatic N) is 4. The highest BCUT2D eigenvalue weighted by atomic mass is 35.5. The van der Waals surface area contributed by atoms with Crippen LogP contribution in [-0.2, 0) is 21.8 Å². The summed E-state index contributed by atoms with van der Waals surface area (Å²) in [4.78, 5) is 14.2. The Morgan fingerprint density at radius 2 is 2.07 bits per heavy atom. The minimum atomic E-state index is -1.20. The normalized spacial score (nSPS) is 20.9. The highest BCUT2D eigenvalue weighted by Gasteiger charge is 2.45. The van der Waals surface area contributed by atoms with Gasteiger partial charge in [-0.15, -0.1) is 0 Å². The van der Waals surface area contributed by atoms with Crippen LogP contribution in [0.25, 0.3) is 0 Å². The topological polar surface area (TPSA) is 102 Å². The Kier molecular flexibility index (Phi) is 5.87. The zero-order valence-electron chi connectivity index (χ0n) is 15.5. The van der Waals surface area contributed by atoms with Crippen LogP contribution in [0.2, 0.25) is 10.0 Å². The zero-order valence-corrected chi connectivity index (χ0v) is 17.0. The molecule has 2 aromatic carbocycles. The van der Waals surface area contributed by atoms with Crippen molar-refractivity contribution in [3.05, 3.63) is 80.8 Å². The minimum absolute atomic E-state index is 0.00738. The van der Waals surface area contributed by atoms with Gasteiger partial charge >= 0.3 is 0 Å². The summed E-state index contributed by atoms with van der Waals surface area (Å²) < 4.78 is 19.6. The quantitative estimate of drug-likeness (QED) is 0.397. The van der Waals surface area contributed by atoms with Crippen LogP contribution in [0.4, 0.5) is 5.69 Å². The van der Waals surface area contributed by atoms with E-state index in [-0.39, 0.29) is 25.4 Å². The second-order valence-electron chi connectivity index (χ2n) is 6.58. The van der Waals surface area contributed by atoms with Crippen molar-refractivity contribution >= 4 is 28.9 Å². The van der Waals surface area contributed by atoms with Crippen LogP contribution in [0, 0.1) is 10.1 Å². The number of non-ortho nitro benzene ring substituents is 1. The number of hydrogen-bond donors (Lipinski definition) is 0. The van der Waals surface area contributed by atoms with Crippen molar-refractivity contribution in [1.82, 2.24) is 14.8 Å². The molecule has 0 saturated carbocycles. The van der Waals surface area contributed by atoms with Gasteiger partial charge in [-0.3, -0.25) is 10.1 Å². The van der Waals surface area contributed by atoms with E-state index in [0.29, 0.717) is 21.4 Å². The van der Waals surface area contributed by atoms with Crippen LogP contribution < -0.4 is 4.74 Å². The first kappa shape index (κ1) is 20.5. The predicted octanol–water partition coefficient (Wildman–Crippen LogP) is 3.84. The summed E-state index contributed by atoms with van der Waals surface area (Å²) in [7, 11) is 0. The summed E-state index contributed by atoms with van der Waals surface area (Å²) >= 11 is 12.5. The summed E-state index contributed by atoms with van der Waals surface area (Å²) in [5.41, 5.74) is 0.605. The van der Waals surface area contributed by atoms with Crippen LogP contribution in [0.1, 0.15) is 5.56 Å². The maximum Gasteiger partial charge on any atom is 0.269 e. The summed E-state index contributed by atoms with van der Waals surface area (Å²) in [6, 6.07) is 10.9. The third kappa shape index (κ3) is 4.39. The standard InChI is InChI=1S/C19H16Cl2N4O5/c20-13-1-6-17(18(21)7-13)19(10-24-12-22-11-23-24)29-9-16(30-19)8-28-15-4-2-14(3-5-15)25(26)27/h1-7,11-12,16H,8-10H2. The van der Waals surface area contributed by atoms with Crippen molar-refractivity contribution < 1.29 is 19.1 Å². The fraction of sp³-hybridized carbons (Fsp3) is 0.263. The van der Waals surface area contributed by atoms with Crippen LogP contribution in [-0.4, -0.2) is 39.0 Å². The smallest absolute Gasteiger partial charge is 0.269 e. The molecule has 1 aromatic heterocycles. The minimum Gasteiger partial charge on any atom is -0.491 e. The van der Waals surface area contributed by atoms with Gasteiger partial charge in [-0.2, -0.15) is 5.10 Å². The molecule has 0 bridgehead atoms. The maximum absolute atomic E-state index is 10.8. The van der Waals surface area contributed by atoms with Gasteiger partial charge in [0.1, 0.15) is 37.7 Å². The van der Waals surface area contributed by atoms with Crippen molar-refractivity contribution in [2.24, 2.45) is 0 Å². The second kappa shape index (κ2) is 8.57. The molecule has 0 aliphatic carbocycles. The number of halogens is 2. The van der Waals surface area contributed by atoms with Gasteiger partial charge in [-0.25, -0.2) is 9.67 Å². The largest absolute Gasteiger partial charge is 0.491 e. The average molecular weight is 451 g/mol. The summed E-state index contributed by atoms with van der Waals surface area (Å²) in [5, 5.41) is 15.8. The molecular formula is C19H16Cl2N4O5. The molecule has 156 valence electrons. The molecule has 9 nitrogen and oxygen atoms in total. The molecule has 2 atom stereocenters. The Hall–Kier alpha value is -2.72. The number of nitro groups is 1. The molecule has 1 aliphatic heterocycles. The molecule has 0 spiro atoms. The van der Waals surface area contributed by atoms with Crippen molar-refractivity contribution in [2.75, 3.05) is 13.2 Å². The Morgan fingerprint density at radius 1 is 1.27 bits per heavy atom. The van der Waals surface area contributed by atoms with Crippen LogP contribution >= 0.6 is 23.2 Å². The fourth-order valence-corrected chi connectivity index (χ4v) is 3.69. The molecule has 4 rings (SSSR count). The van der Waals surface area contributed by atoms with Crippen molar-refractivity contribution in [3.63, 3.8) is 0 Å². The number of aromatic nitrogens is 3. The molecule has 0 radical (unpaired) electrons. The van der Waals surface area contributed by atoms with Crippen molar-refractivity contribution in [1.29, 1.82) is 0 Å². The highest BCUT2D eigenvalue weighted by Crippen LogP contribution is 2.40. The number of ether oxygens (including phenoxy) is 3. The molecule has 1 aliphatic rings. The number of hydrogen-bond acceptors (Lipinski definition) is 7. The highest BCUT2D eigenvalue weighted by molar-refractivity contribution is 6.35. The molecule has 3 aromatic rings. The van der Waals surface area contributed by atoms with E-state index in [1.54, 1.807) is 29.2 Å². The third-order valence-electron chi connectivity index (χ3n) is 4.52. The molecule has 0 N–H and O–H groups in total. The van der Waals surface area contributed by atoms with E-state index in [1.807, 2.05) is 0 Å². The van der Waals surface area contributed by atoms with Crippen molar-refractivity contribution in [2.45, 2.75) is 18.4 Å². The number of benzene rings is 2. The van der Waals surface area contributed by atoms with Gasteiger partial charge in [-0.05, 0) is 24.3 Å². The molecular weight excluding hydrogens is 435 g/mol. The fourth-order valence-electron chi connectivity index (χ4n) is 3.14. The lowest BCUT2D eigenvalue weighted by Gasteiger charge is -2.29. The number of rotatable bonds is 7. The average Bonchev–Trinajstić information content (AvgIpc) is 3.37. The molecule has 30 heavy (non-hydrogen) atoms. The molecule has 2 heterocycles. The van der Waals surface area contributed by atoms with E-state index in [2.05, 4.69) is 10.1 Å². The van der Waals surface area contributed by atoms with E-state index < -0.39 is 16.8 Å². The monoisotopic (exact) mass is 450 g/mol. The zero-order chi connectivity index (χ0) is 21.1. The molecule has 11 heteroatoms. The van der Waals surface area contributed by atoms with Gasteiger partial charge in [0.25, 0.3) is 5.69 Å². The van der Waals surface area contributed by atoms with E-state index in [1.165, 1.54) is 30.6 Å². The predicted molar refractivity (Wildman–Crippen MR) is 108 cm³/mol. The Bertz CT molecular complexity index is 1030. The van der Waals surface area contributed by atoms with E-state index in [0.717, 1.165) is 0 Å². The van der Waals surface area contributed by atoms with Crippen molar-refractivity contribution in [3.8, 4) is 5.75 Å². The first-order valence-electron chi connectivity index (χ1n) is 8.92.